The molecule has 0 aliphatic heterocycles. The number of aromatic hydroxyl groups is 1. The van der Waals surface area contributed by atoms with E-state index in [1.165, 1.54) is 21.9 Å². The number of phenols is 1. The molecule has 0 saturated carbocycles. The highest BCUT2D eigenvalue weighted by Crippen LogP contribution is 2.43. The highest BCUT2D eigenvalue weighted by Gasteiger charge is 2.23. The number of rotatable bonds is 6. The van der Waals surface area contributed by atoms with Crippen LogP contribution in [0.1, 0.15) is 52.7 Å². The summed E-state index contributed by atoms with van der Waals surface area (Å²) in [6, 6.07) is 54.3. The van der Waals surface area contributed by atoms with Gasteiger partial charge in [0.15, 0.2) is 5.69 Å². The summed E-state index contributed by atoms with van der Waals surface area (Å²) >= 11 is 0. The van der Waals surface area contributed by atoms with E-state index in [0.717, 1.165) is 61.5 Å². The molecule has 0 spiro atoms. The van der Waals surface area contributed by atoms with Gasteiger partial charge in [0, 0.05) is 44.9 Å². The van der Waals surface area contributed by atoms with E-state index in [1.54, 1.807) is 18.2 Å². The second-order valence-electron chi connectivity index (χ2n) is 17.6. The van der Waals surface area contributed by atoms with Crippen molar-refractivity contribution in [3.8, 4) is 67.5 Å². The van der Waals surface area contributed by atoms with E-state index in [-0.39, 0.29) is 16.6 Å². The molecule has 5 nitrogen and oxygen atoms in total. The van der Waals surface area contributed by atoms with Crippen LogP contribution in [0.25, 0.3) is 88.4 Å². The number of hydrogen-bond acceptors (Lipinski definition) is 3. The standard InChI is InChI=1S/C55H46N4O/c1-54(2,3)40-29-38(30-41(34-40)55(4,5)6)39-32-48(58-49(33-39)52-46(56-7)23-15-25-51(52)60)37-17-13-16-36(28-37)47-31-35(26-27-57-47)43-21-14-22-45-44-20-11-12-24-50(44)59(53(43)45)42-18-9-8-10-19-42/h8-34,60H,1-6H3. The Balaban J connectivity index is 1.21. The molecule has 3 aromatic heterocycles. The molecule has 0 atom stereocenters. The predicted octanol–water partition coefficient (Wildman–Crippen LogP) is 14.8. The molecule has 0 saturated heterocycles. The van der Waals surface area contributed by atoms with E-state index >= 15 is 0 Å². The fourth-order valence-electron chi connectivity index (χ4n) is 8.21. The van der Waals surface area contributed by atoms with Gasteiger partial charge in [0.25, 0.3) is 0 Å². The van der Waals surface area contributed by atoms with Crippen LogP contribution < -0.4 is 0 Å². The van der Waals surface area contributed by atoms with Crippen LogP contribution in [-0.2, 0) is 10.8 Å². The van der Waals surface area contributed by atoms with Crippen LogP contribution in [-0.4, -0.2) is 19.6 Å². The molecule has 0 aliphatic rings. The Morgan fingerprint density at radius 3 is 1.88 bits per heavy atom. The lowest BCUT2D eigenvalue weighted by molar-refractivity contribution is 0.477. The molecule has 3 heterocycles. The average molecular weight is 779 g/mol. The lowest BCUT2D eigenvalue weighted by Gasteiger charge is -2.26. The monoisotopic (exact) mass is 778 g/mol. The number of pyridine rings is 2. The van der Waals surface area contributed by atoms with Crippen LogP contribution in [0, 0.1) is 6.57 Å². The molecule has 1 N–H and O–H groups in total. The quantitative estimate of drug-likeness (QED) is 0.171. The van der Waals surface area contributed by atoms with Crippen molar-refractivity contribution in [2.24, 2.45) is 0 Å². The predicted molar refractivity (Wildman–Crippen MR) is 249 cm³/mol. The van der Waals surface area contributed by atoms with Gasteiger partial charge < -0.3 is 9.67 Å². The Morgan fingerprint density at radius 1 is 0.533 bits per heavy atom. The zero-order valence-electron chi connectivity index (χ0n) is 34.8. The first-order valence-electron chi connectivity index (χ1n) is 20.4. The third-order valence-corrected chi connectivity index (χ3v) is 11.5. The first-order valence-corrected chi connectivity index (χ1v) is 20.4. The Bertz CT molecular complexity index is 3100. The van der Waals surface area contributed by atoms with E-state index in [1.807, 2.05) is 18.3 Å². The molecule has 0 amide bonds. The van der Waals surface area contributed by atoms with Gasteiger partial charge in [-0.05, 0) is 93.2 Å². The van der Waals surface area contributed by atoms with Crippen LogP contribution in [0.3, 0.4) is 0 Å². The summed E-state index contributed by atoms with van der Waals surface area (Å²) in [6.45, 7) is 21.4. The molecule has 6 aromatic carbocycles. The summed E-state index contributed by atoms with van der Waals surface area (Å²) in [5, 5.41) is 13.6. The molecule has 0 fully saturated rings. The summed E-state index contributed by atoms with van der Waals surface area (Å²) in [5.41, 5.74) is 14.7. The van der Waals surface area contributed by atoms with Crippen LogP contribution >= 0.6 is 0 Å². The first-order chi connectivity index (χ1) is 28.9. The topological polar surface area (TPSA) is 55.3 Å². The van der Waals surface area contributed by atoms with Gasteiger partial charge in [0.1, 0.15) is 5.75 Å². The van der Waals surface area contributed by atoms with E-state index in [2.05, 4.69) is 178 Å². The molecule has 9 aromatic rings. The fourth-order valence-corrected chi connectivity index (χ4v) is 8.21. The van der Waals surface area contributed by atoms with Gasteiger partial charge in [-0.15, -0.1) is 0 Å². The maximum Gasteiger partial charge on any atom is 0.200 e. The van der Waals surface area contributed by atoms with Crippen LogP contribution in [0.4, 0.5) is 5.69 Å². The minimum atomic E-state index is -0.0802. The zero-order valence-corrected chi connectivity index (χ0v) is 34.8. The molecule has 9 rings (SSSR count). The number of benzene rings is 6. The summed E-state index contributed by atoms with van der Waals surface area (Å²) in [7, 11) is 0. The van der Waals surface area contributed by atoms with Crippen molar-refractivity contribution < 1.29 is 5.11 Å². The first kappa shape index (κ1) is 38.2. The molecule has 0 unspecified atom stereocenters. The van der Waals surface area contributed by atoms with E-state index < -0.39 is 0 Å². The summed E-state index contributed by atoms with van der Waals surface area (Å²) in [4.78, 5) is 13.9. The minimum absolute atomic E-state index is 0.0222. The highest BCUT2D eigenvalue weighted by molar-refractivity contribution is 6.13. The van der Waals surface area contributed by atoms with Crippen LogP contribution in [0.15, 0.2) is 164 Å². The molecular weight excluding hydrogens is 733 g/mol. The number of hydrogen-bond donors (Lipinski definition) is 1. The van der Waals surface area contributed by atoms with Crippen molar-refractivity contribution >= 4 is 27.5 Å². The third kappa shape index (κ3) is 7.01. The number of fused-ring (bicyclic) bond motifs is 3. The smallest absolute Gasteiger partial charge is 0.200 e. The van der Waals surface area contributed by atoms with Crippen molar-refractivity contribution in [3.05, 3.63) is 186 Å². The van der Waals surface area contributed by atoms with E-state index in [9.17, 15) is 5.11 Å². The number of phenolic OH excluding ortho intramolecular Hbond substituents is 1. The zero-order chi connectivity index (χ0) is 41.8. The molecule has 0 aliphatic carbocycles. The van der Waals surface area contributed by atoms with Gasteiger partial charge in [-0.2, -0.15) is 0 Å². The number of aromatic nitrogens is 3. The Kier molecular flexibility index (Phi) is 9.45. The molecule has 292 valence electrons. The summed E-state index contributed by atoms with van der Waals surface area (Å²) < 4.78 is 2.36. The second-order valence-corrected chi connectivity index (χ2v) is 17.6. The van der Waals surface area contributed by atoms with Gasteiger partial charge >= 0.3 is 0 Å². The van der Waals surface area contributed by atoms with Crippen molar-refractivity contribution in [1.82, 2.24) is 14.5 Å². The summed E-state index contributed by atoms with van der Waals surface area (Å²) in [6.07, 6.45) is 1.89. The normalized spacial score (nSPS) is 11.9. The largest absolute Gasteiger partial charge is 0.509 e. The van der Waals surface area contributed by atoms with Crippen LogP contribution in [0.2, 0.25) is 0 Å². The van der Waals surface area contributed by atoms with E-state index in [4.69, 9.17) is 16.5 Å². The molecule has 5 heteroatoms. The molecule has 60 heavy (non-hydrogen) atoms. The van der Waals surface area contributed by atoms with Gasteiger partial charge in [-0.1, -0.05) is 145 Å². The van der Waals surface area contributed by atoms with E-state index in [0.29, 0.717) is 16.9 Å². The van der Waals surface area contributed by atoms with Gasteiger partial charge in [0.05, 0.1) is 34.7 Å². The lowest BCUT2D eigenvalue weighted by atomic mass is 9.79. The van der Waals surface area contributed by atoms with Crippen molar-refractivity contribution in [3.63, 3.8) is 0 Å². The SMILES string of the molecule is [C-]#[N+]c1cccc(O)c1-c1cc(-c2cc(C(C)(C)C)cc(C(C)(C)C)c2)cc(-c2cccc(-c3cc(-c4cccc5c6ccccc6n(-c6ccccc6)c45)ccn3)c2)n1. The summed E-state index contributed by atoms with van der Waals surface area (Å²) in [5.74, 6) is 0.0222. The van der Waals surface area contributed by atoms with Crippen molar-refractivity contribution in [2.45, 2.75) is 52.4 Å². The maximum atomic E-state index is 11.2. The lowest BCUT2D eigenvalue weighted by Crippen LogP contribution is -2.16. The van der Waals surface area contributed by atoms with Crippen molar-refractivity contribution in [2.75, 3.05) is 0 Å². The Morgan fingerprint density at radius 2 is 1.15 bits per heavy atom. The second kappa shape index (κ2) is 14.8. The third-order valence-electron chi connectivity index (χ3n) is 11.5. The highest BCUT2D eigenvalue weighted by atomic mass is 16.3. The number of nitrogens with zero attached hydrogens (tertiary/aromatic N) is 4. The minimum Gasteiger partial charge on any atom is -0.509 e. The Labute approximate surface area is 352 Å². The fraction of sp³-hybridized carbons (Fsp3) is 0.145. The molecular formula is C55H46N4O. The maximum absolute atomic E-state index is 11.2. The van der Waals surface area contributed by atoms with Crippen molar-refractivity contribution in [1.29, 1.82) is 0 Å². The van der Waals surface area contributed by atoms with Gasteiger partial charge in [-0.25, -0.2) is 9.83 Å². The number of para-hydroxylation sites is 3. The Hall–Kier alpha value is -7.29. The van der Waals surface area contributed by atoms with Crippen LogP contribution in [0.5, 0.6) is 5.75 Å². The average Bonchev–Trinajstić information content (AvgIpc) is 3.60. The molecule has 0 bridgehead atoms. The molecule has 0 radical (unpaired) electrons. The van der Waals surface area contributed by atoms with Gasteiger partial charge in [0.2, 0.25) is 0 Å². The van der Waals surface area contributed by atoms with Gasteiger partial charge in [-0.3, -0.25) is 4.98 Å².